The van der Waals surface area contributed by atoms with Gasteiger partial charge in [-0.15, -0.1) is 0 Å². The predicted octanol–water partition coefficient (Wildman–Crippen LogP) is 1.56. The summed E-state index contributed by atoms with van der Waals surface area (Å²) in [7, 11) is 0. The van der Waals surface area contributed by atoms with Crippen molar-refractivity contribution in [3.05, 3.63) is 0 Å². The van der Waals surface area contributed by atoms with Crippen LogP contribution in [0.2, 0.25) is 0 Å². The number of hydrogen-bond donors (Lipinski definition) is 3. The lowest BCUT2D eigenvalue weighted by atomic mass is 9.78. The first kappa shape index (κ1) is 14.8. The molecule has 0 spiro atoms. The van der Waals surface area contributed by atoms with Gasteiger partial charge in [-0.05, 0) is 50.4 Å². The van der Waals surface area contributed by atoms with Crippen LogP contribution in [0.5, 0.6) is 0 Å². The van der Waals surface area contributed by atoms with E-state index in [4.69, 9.17) is 5.73 Å². The van der Waals surface area contributed by atoms with E-state index in [1.54, 1.807) is 0 Å². The van der Waals surface area contributed by atoms with Crippen molar-refractivity contribution in [3.63, 3.8) is 0 Å². The zero-order valence-corrected chi connectivity index (χ0v) is 12.0. The first-order valence-corrected chi connectivity index (χ1v) is 7.77. The van der Waals surface area contributed by atoms with Crippen LogP contribution < -0.4 is 11.1 Å². The summed E-state index contributed by atoms with van der Waals surface area (Å²) in [5.74, 6) is 1.29. The van der Waals surface area contributed by atoms with Gasteiger partial charge in [-0.1, -0.05) is 13.3 Å². The van der Waals surface area contributed by atoms with Gasteiger partial charge in [-0.3, -0.25) is 4.79 Å². The van der Waals surface area contributed by atoms with E-state index in [1.165, 1.54) is 6.42 Å². The molecule has 0 aliphatic heterocycles. The summed E-state index contributed by atoms with van der Waals surface area (Å²) < 4.78 is 0. The lowest BCUT2D eigenvalue weighted by Gasteiger charge is -2.36. The van der Waals surface area contributed by atoms with E-state index < -0.39 is 5.60 Å². The molecule has 0 bridgehead atoms. The molecular formula is C15H28N2O2. The van der Waals surface area contributed by atoms with Crippen LogP contribution in [0.15, 0.2) is 0 Å². The van der Waals surface area contributed by atoms with Gasteiger partial charge in [-0.2, -0.15) is 0 Å². The molecule has 0 radical (unpaired) electrons. The summed E-state index contributed by atoms with van der Waals surface area (Å²) in [6, 6.07) is 0.00507. The monoisotopic (exact) mass is 268 g/mol. The van der Waals surface area contributed by atoms with Gasteiger partial charge >= 0.3 is 0 Å². The summed E-state index contributed by atoms with van der Waals surface area (Å²) in [6.07, 6.45) is 7.68. The third kappa shape index (κ3) is 4.46. The first-order valence-electron chi connectivity index (χ1n) is 7.77. The predicted molar refractivity (Wildman–Crippen MR) is 75.5 cm³/mol. The van der Waals surface area contributed by atoms with Gasteiger partial charge in [0.25, 0.3) is 0 Å². The molecule has 4 heteroatoms. The van der Waals surface area contributed by atoms with Crippen LogP contribution in [0.25, 0.3) is 0 Å². The average molecular weight is 268 g/mol. The molecule has 2 aliphatic carbocycles. The fourth-order valence-electron chi connectivity index (χ4n) is 3.04. The zero-order chi connectivity index (χ0) is 13.9. The van der Waals surface area contributed by atoms with Crippen LogP contribution in [-0.4, -0.2) is 29.2 Å². The fraction of sp³-hybridized carbons (Fsp3) is 0.933. The van der Waals surface area contributed by atoms with E-state index in [0.717, 1.165) is 44.4 Å². The van der Waals surface area contributed by atoms with Crippen LogP contribution >= 0.6 is 0 Å². The van der Waals surface area contributed by atoms with Crippen LogP contribution in [-0.2, 0) is 4.79 Å². The highest BCUT2D eigenvalue weighted by atomic mass is 16.3. The summed E-state index contributed by atoms with van der Waals surface area (Å²) in [6.45, 7) is 2.59. The SMILES string of the molecule is CCC1CCC(O)(CNC(=O)CC(N)C2CC2)CC1. The number of nitrogens with one attached hydrogen (secondary N) is 1. The van der Waals surface area contributed by atoms with Crippen LogP contribution in [0.4, 0.5) is 0 Å². The molecule has 4 nitrogen and oxygen atoms in total. The summed E-state index contributed by atoms with van der Waals surface area (Å²) in [4.78, 5) is 11.8. The van der Waals surface area contributed by atoms with E-state index in [1.807, 2.05) is 0 Å². The van der Waals surface area contributed by atoms with Crippen LogP contribution in [0, 0.1) is 11.8 Å². The maximum Gasteiger partial charge on any atom is 0.221 e. The molecule has 1 unspecified atom stereocenters. The molecule has 2 aliphatic rings. The highest BCUT2D eigenvalue weighted by molar-refractivity contribution is 5.76. The van der Waals surface area contributed by atoms with Gasteiger partial charge in [0.1, 0.15) is 0 Å². The molecule has 2 fully saturated rings. The first-order chi connectivity index (χ1) is 9.02. The number of amides is 1. The minimum absolute atomic E-state index is 0.00507. The van der Waals surface area contributed by atoms with Gasteiger partial charge < -0.3 is 16.2 Å². The largest absolute Gasteiger partial charge is 0.388 e. The molecule has 0 aromatic rings. The summed E-state index contributed by atoms with van der Waals surface area (Å²) in [5, 5.41) is 13.3. The molecule has 0 heterocycles. The second kappa shape index (κ2) is 6.23. The van der Waals surface area contributed by atoms with Gasteiger partial charge in [0.05, 0.1) is 5.60 Å². The number of carbonyl (C=O) groups excluding carboxylic acids is 1. The summed E-state index contributed by atoms with van der Waals surface area (Å²) in [5.41, 5.74) is 5.24. The molecule has 0 saturated heterocycles. The van der Waals surface area contributed by atoms with Crippen LogP contribution in [0.3, 0.4) is 0 Å². The minimum Gasteiger partial charge on any atom is -0.388 e. The lowest BCUT2D eigenvalue weighted by molar-refractivity contribution is -0.123. The maximum atomic E-state index is 11.8. The van der Waals surface area contributed by atoms with Crippen molar-refractivity contribution in [1.82, 2.24) is 5.32 Å². The summed E-state index contributed by atoms with van der Waals surface area (Å²) >= 11 is 0. The van der Waals surface area contributed by atoms with Crippen molar-refractivity contribution in [2.45, 2.75) is 69.9 Å². The zero-order valence-electron chi connectivity index (χ0n) is 12.0. The number of hydrogen-bond acceptors (Lipinski definition) is 3. The van der Waals surface area contributed by atoms with Crippen LogP contribution in [0.1, 0.15) is 58.3 Å². The number of carbonyl (C=O) groups is 1. The Balaban J connectivity index is 1.67. The van der Waals surface area contributed by atoms with Crippen molar-refractivity contribution in [2.75, 3.05) is 6.54 Å². The molecule has 19 heavy (non-hydrogen) atoms. The Labute approximate surface area is 116 Å². The number of aliphatic hydroxyl groups is 1. The van der Waals surface area contributed by atoms with Gasteiger partial charge in [0.2, 0.25) is 5.91 Å². The van der Waals surface area contributed by atoms with Crippen molar-refractivity contribution in [1.29, 1.82) is 0 Å². The lowest BCUT2D eigenvalue weighted by Crippen LogP contribution is -2.46. The van der Waals surface area contributed by atoms with E-state index in [2.05, 4.69) is 12.2 Å². The minimum atomic E-state index is -0.689. The fourth-order valence-corrected chi connectivity index (χ4v) is 3.04. The van der Waals surface area contributed by atoms with Crippen molar-refractivity contribution < 1.29 is 9.90 Å². The third-order valence-corrected chi connectivity index (χ3v) is 4.88. The second-order valence-electron chi connectivity index (χ2n) is 6.56. The standard InChI is InChI=1S/C15H28N2O2/c1-2-11-5-7-15(19,8-6-11)10-17-14(18)9-13(16)12-3-4-12/h11-13,19H,2-10,16H2,1H3,(H,17,18). The topological polar surface area (TPSA) is 75.3 Å². The molecule has 0 aromatic carbocycles. The number of rotatable bonds is 6. The molecule has 1 atom stereocenters. The highest BCUT2D eigenvalue weighted by Crippen LogP contribution is 2.34. The molecule has 1 amide bonds. The van der Waals surface area contributed by atoms with E-state index in [0.29, 0.717) is 18.9 Å². The third-order valence-electron chi connectivity index (χ3n) is 4.88. The van der Waals surface area contributed by atoms with Gasteiger partial charge in [-0.25, -0.2) is 0 Å². The Morgan fingerprint density at radius 3 is 2.53 bits per heavy atom. The smallest absolute Gasteiger partial charge is 0.221 e. The Morgan fingerprint density at radius 1 is 1.37 bits per heavy atom. The Morgan fingerprint density at radius 2 is 2.00 bits per heavy atom. The van der Waals surface area contributed by atoms with E-state index >= 15 is 0 Å². The quantitative estimate of drug-likeness (QED) is 0.684. The Hall–Kier alpha value is -0.610. The van der Waals surface area contributed by atoms with E-state index in [9.17, 15) is 9.90 Å². The highest BCUT2D eigenvalue weighted by Gasteiger charge is 2.34. The molecule has 2 rings (SSSR count). The van der Waals surface area contributed by atoms with Crippen molar-refractivity contribution in [3.8, 4) is 0 Å². The second-order valence-corrected chi connectivity index (χ2v) is 6.56. The number of nitrogens with two attached hydrogens (primary N) is 1. The Bertz CT molecular complexity index is 307. The average Bonchev–Trinajstić information content (AvgIpc) is 3.22. The molecule has 2 saturated carbocycles. The van der Waals surface area contributed by atoms with Crippen molar-refractivity contribution in [2.24, 2.45) is 17.6 Å². The van der Waals surface area contributed by atoms with E-state index in [-0.39, 0.29) is 11.9 Å². The molecular weight excluding hydrogens is 240 g/mol. The molecule has 4 N–H and O–H groups in total. The van der Waals surface area contributed by atoms with Gasteiger partial charge in [0.15, 0.2) is 0 Å². The Kier molecular flexibility index (Phi) is 4.85. The molecule has 0 aromatic heterocycles. The van der Waals surface area contributed by atoms with Gasteiger partial charge in [0, 0.05) is 19.0 Å². The maximum absolute atomic E-state index is 11.8. The van der Waals surface area contributed by atoms with Crippen molar-refractivity contribution >= 4 is 5.91 Å². The normalized spacial score (nSPS) is 32.9. The molecule has 110 valence electrons.